The molecule has 5 heteroatoms. The van der Waals surface area contributed by atoms with Crippen LogP contribution in [0.1, 0.15) is 58.3 Å². The second-order valence-corrected chi connectivity index (χ2v) is 7.03. The maximum Gasteiger partial charge on any atom is 0.276 e. The molecule has 1 N–H and O–H groups in total. The summed E-state index contributed by atoms with van der Waals surface area (Å²) in [7, 11) is 0. The third-order valence-electron chi connectivity index (χ3n) is 3.49. The fraction of sp³-hybridized carbons (Fsp3) is 0.857. The van der Waals surface area contributed by atoms with E-state index in [4.69, 9.17) is 4.42 Å². The molecule has 0 aliphatic heterocycles. The van der Waals surface area contributed by atoms with Crippen LogP contribution in [0.5, 0.6) is 0 Å². The maximum absolute atomic E-state index is 9.65. The van der Waals surface area contributed by atoms with Gasteiger partial charge in [-0.1, -0.05) is 43.9 Å². The van der Waals surface area contributed by atoms with Crippen LogP contribution in [-0.2, 0) is 6.42 Å². The summed E-state index contributed by atoms with van der Waals surface area (Å²) in [5, 5.41) is 18.3. The van der Waals surface area contributed by atoms with E-state index in [-0.39, 0.29) is 0 Å². The van der Waals surface area contributed by atoms with Crippen molar-refractivity contribution in [2.24, 2.45) is 5.92 Å². The van der Waals surface area contributed by atoms with Gasteiger partial charge in [0.25, 0.3) is 5.22 Å². The lowest BCUT2D eigenvalue weighted by molar-refractivity contribution is 0.106. The molecular weight excluding hydrogens is 260 g/mol. The standard InChI is InChI=1S/C14H24N2O2S/c1-14(2,17)10-19-13-16-15-12(18-13)9-8-11-6-4-3-5-7-11/h11,17H,3-10H2,1-2H3. The quantitative estimate of drug-likeness (QED) is 0.811. The van der Waals surface area contributed by atoms with Gasteiger partial charge in [-0.15, -0.1) is 10.2 Å². The summed E-state index contributed by atoms with van der Waals surface area (Å²) in [6, 6.07) is 0. The van der Waals surface area contributed by atoms with Crippen LogP contribution < -0.4 is 0 Å². The van der Waals surface area contributed by atoms with Gasteiger partial charge in [0.05, 0.1) is 5.60 Å². The van der Waals surface area contributed by atoms with E-state index in [1.165, 1.54) is 43.9 Å². The van der Waals surface area contributed by atoms with Crippen LogP contribution in [-0.4, -0.2) is 26.7 Å². The number of nitrogens with zero attached hydrogens (tertiary/aromatic N) is 2. The Kier molecular flexibility index (Phi) is 5.28. The van der Waals surface area contributed by atoms with E-state index in [0.717, 1.165) is 24.7 Å². The van der Waals surface area contributed by atoms with Gasteiger partial charge in [0.1, 0.15) is 0 Å². The highest BCUT2D eigenvalue weighted by molar-refractivity contribution is 7.99. The summed E-state index contributed by atoms with van der Waals surface area (Å²) in [5.41, 5.74) is -0.707. The fourth-order valence-electron chi connectivity index (χ4n) is 2.44. The van der Waals surface area contributed by atoms with E-state index < -0.39 is 5.60 Å². The molecule has 1 fully saturated rings. The molecule has 108 valence electrons. The van der Waals surface area contributed by atoms with Crippen LogP contribution in [0.15, 0.2) is 9.64 Å². The van der Waals surface area contributed by atoms with Crippen molar-refractivity contribution in [3.05, 3.63) is 5.89 Å². The maximum atomic E-state index is 9.65. The van der Waals surface area contributed by atoms with Crippen LogP contribution in [0.3, 0.4) is 0 Å². The van der Waals surface area contributed by atoms with Crippen LogP contribution >= 0.6 is 11.8 Å². The molecule has 1 aliphatic carbocycles. The molecule has 1 saturated carbocycles. The average Bonchev–Trinajstić information content (AvgIpc) is 2.82. The van der Waals surface area contributed by atoms with Crippen molar-refractivity contribution in [3.8, 4) is 0 Å². The van der Waals surface area contributed by atoms with Crippen LogP contribution in [0.4, 0.5) is 0 Å². The summed E-state index contributed by atoms with van der Waals surface area (Å²) in [4.78, 5) is 0. The number of thioether (sulfide) groups is 1. The second-order valence-electron chi connectivity index (χ2n) is 6.11. The lowest BCUT2D eigenvalue weighted by Gasteiger charge is -2.20. The summed E-state index contributed by atoms with van der Waals surface area (Å²) < 4.78 is 5.60. The molecule has 1 aromatic rings. The Bertz CT molecular complexity index is 381. The number of aromatic nitrogens is 2. The smallest absolute Gasteiger partial charge is 0.276 e. The first-order valence-corrected chi connectivity index (χ1v) is 8.19. The van der Waals surface area contributed by atoms with Crippen LogP contribution in [0.2, 0.25) is 0 Å². The van der Waals surface area contributed by atoms with Crippen molar-refractivity contribution in [1.82, 2.24) is 10.2 Å². The Balaban J connectivity index is 1.74. The molecule has 4 nitrogen and oxygen atoms in total. The first-order valence-electron chi connectivity index (χ1n) is 7.20. The van der Waals surface area contributed by atoms with Gasteiger partial charge in [0, 0.05) is 12.2 Å². The molecule has 0 unspecified atom stereocenters. The van der Waals surface area contributed by atoms with Crippen molar-refractivity contribution < 1.29 is 9.52 Å². The zero-order chi connectivity index (χ0) is 13.7. The highest BCUT2D eigenvalue weighted by atomic mass is 32.2. The van der Waals surface area contributed by atoms with Gasteiger partial charge in [-0.05, 0) is 26.2 Å². The molecule has 0 spiro atoms. The minimum absolute atomic E-state index is 0.567. The minimum atomic E-state index is -0.707. The van der Waals surface area contributed by atoms with E-state index >= 15 is 0 Å². The van der Waals surface area contributed by atoms with Crippen LogP contribution in [0, 0.1) is 5.92 Å². The minimum Gasteiger partial charge on any atom is -0.416 e. The monoisotopic (exact) mass is 284 g/mol. The molecule has 1 aromatic heterocycles. The zero-order valence-electron chi connectivity index (χ0n) is 11.9. The third-order valence-corrected chi connectivity index (χ3v) is 4.75. The summed E-state index contributed by atoms with van der Waals surface area (Å²) in [6.07, 6.45) is 8.92. The molecule has 0 amide bonds. The first kappa shape index (κ1) is 14.9. The first-order chi connectivity index (χ1) is 9.03. The Labute approximate surface area is 119 Å². The zero-order valence-corrected chi connectivity index (χ0v) is 12.7. The molecule has 19 heavy (non-hydrogen) atoms. The Morgan fingerprint density at radius 1 is 1.26 bits per heavy atom. The second kappa shape index (κ2) is 6.75. The van der Waals surface area contributed by atoms with Gasteiger partial charge >= 0.3 is 0 Å². The molecule has 0 atom stereocenters. The lowest BCUT2D eigenvalue weighted by atomic mass is 9.86. The van der Waals surface area contributed by atoms with Crippen LogP contribution in [0.25, 0.3) is 0 Å². The van der Waals surface area contributed by atoms with Gasteiger partial charge in [-0.3, -0.25) is 0 Å². The van der Waals surface area contributed by atoms with E-state index in [0.29, 0.717) is 11.0 Å². The molecule has 0 aromatic carbocycles. The Morgan fingerprint density at radius 2 is 2.00 bits per heavy atom. The molecule has 0 bridgehead atoms. The molecule has 1 heterocycles. The normalized spacial score (nSPS) is 17.8. The number of aliphatic hydroxyl groups is 1. The predicted octanol–water partition coefficient (Wildman–Crippen LogP) is 3.45. The van der Waals surface area contributed by atoms with Crippen molar-refractivity contribution in [3.63, 3.8) is 0 Å². The number of rotatable bonds is 6. The van der Waals surface area contributed by atoms with E-state index in [9.17, 15) is 5.11 Å². The fourth-order valence-corrected chi connectivity index (χ4v) is 3.17. The molecule has 0 radical (unpaired) electrons. The summed E-state index contributed by atoms with van der Waals surface area (Å²) in [5.74, 6) is 2.15. The largest absolute Gasteiger partial charge is 0.416 e. The molecule has 0 saturated heterocycles. The van der Waals surface area contributed by atoms with E-state index in [1.54, 1.807) is 13.8 Å². The SMILES string of the molecule is CC(C)(O)CSc1nnc(CCC2CCCCC2)o1. The van der Waals surface area contributed by atoms with Crippen molar-refractivity contribution in [1.29, 1.82) is 0 Å². The topological polar surface area (TPSA) is 59.2 Å². The van der Waals surface area contributed by atoms with Gasteiger partial charge in [-0.2, -0.15) is 0 Å². The van der Waals surface area contributed by atoms with E-state index in [1.807, 2.05) is 0 Å². The van der Waals surface area contributed by atoms with Gasteiger partial charge < -0.3 is 9.52 Å². The predicted molar refractivity (Wildman–Crippen MR) is 76.2 cm³/mol. The summed E-state index contributed by atoms with van der Waals surface area (Å²) >= 11 is 1.42. The molecule has 1 aliphatic rings. The molecule has 2 rings (SSSR count). The number of hydrogen-bond acceptors (Lipinski definition) is 5. The van der Waals surface area contributed by atoms with Gasteiger partial charge in [0.2, 0.25) is 5.89 Å². The molecular formula is C14H24N2O2S. The number of aryl methyl sites for hydroxylation is 1. The highest BCUT2D eigenvalue weighted by Crippen LogP contribution is 2.28. The highest BCUT2D eigenvalue weighted by Gasteiger charge is 2.17. The van der Waals surface area contributed by atoms with Gasteiger partial charge in [-0.25, -0.2) is 0 Å². The van der Waals surface area contributed by atoms with E-state index in [2.05, 4.69) is 10.2 Å². The Morgan fingerprint density at radius 3 is 2.68 bits per heavy atom. The van der Waals surface area contributed by atoms with Crippen molar-refractivity contribution >= 4 is 11.8 Å². The average molecular weight is 284 g/mol. The lowest BCUT2D eigenvalue weighted by Crippen LogP contribution is -2.21. The Hall–Kier alpha value is -0.550. The van der Waals surface area contributed by atoms with Crippen molar-refractivity contribution in [2.75, 3.05) is 5.75 Å². The number of hydrogen-bond donors (Lipinski definition) is 1. The summed E-state index contributed by atoms with van der Waals surface area (Å²) in [6.45, 7) is 3.56. The van der Waals surface area contributed by atoms with Gasteiger partial charge in [0.15, 0.2) is 0 Å². The van der Waals surface area contributed by atoms with Crippen molar-refractivity contribution in [2.45, 2.75) is 69.6 Å². The third kappa shape index (κ3) is 5.53.